The van der Waals surface area contributed by atoms with Crippen molar-refractivity contribution in [3.05, 3.63) is 60.2 Å². The zero-order chi connectivity index (χ0) is 16.9. The van der Waals surface area contributed by atoms with Gasteiger partial charge in [0.25, 0.3) is 0 Å². The summed E-state index contributed by atoms with van der Waals surface area (Å²) in [7, 11) is 0. The van der Waals surface area contributed by atoms with E-state index in [1.807, 2.05) is 24.3 Å². The van der Waals surface area contributed by atoms with Crippen LogP contribution in [-0.2, 0) is 6.42 Å². The van der Waals surface area contributed by atoms with Crippen LogP contribution in [0.1, 0.15) is 17.2 Å². The van der Waals surface area contributed by atoms with E-state index in [1.54, 1.807) is 30.0 Å². The van der Waals surface area contributed by atoms with Crippen molar-refractivity contribution in [2.24, 2.45) is 0 Å². The number of benzene rings is 2. The molecule has 4 nitrogen and oxygen atoms in total. The molecule has 0 saturated carbocycles. The predicted octanol–water partition coefficient (Wildman–Crippen LogP) is 4.06. The Bertz CT molecular complexity index is 721. The Kier molecular flexibility index (Phi) is 7.05. The van der Waals surface area contributed by atoms with Gasteiger partial charge in [0.05, 0.1) is 0 Å². The Morgan fingerprint density at radius 3 is 2.64 bits per heavy atom. The van der Waals surface area contributed by atoms with Crippen LogP contribution in [0.15, 0.2) is 53.9 Å². The molecule has 0 radical (unpaired) electrons. The maximum atomic E-state index is 9.77. The molecule has 3 rings (SSSR count). The van der Waals surface area contributed by atoms with Gasteiger partial charge in [-0.2, -0.15) is 0 Å². The molecule has 25 heavy (non-hydrogen) atoms. The summed E-state index contributed by atoms with van der Waals surface area (Å²) in [5.74, 6) is 1.58. The van der Waals surface area contributed by atoms with E-state index in [1.165, 1.54) is 0 Å². The van der Waals surface area contributed by atoms with Crippen LogP contribution >= 0.6 is 24.2 Å². The number of phenolic OH excluding ortho intramolecular Hbond substituents is 2. The molecule has 1 heterocycles. The smallest absolute Gasteiger partial charge is 0.157 e. The summed E-state index contributed by atoms with van der Waals surface area (Å²) in [6.45, 7) is 5.01. The number of phenols is 2. The van der Waals surface area contributed by atoms with Gasteiger partial charge >= 0.3 is 0 Å². The van der Waals surface area contributed by atoms with Gasteiger partial charge in [0.1, 0.15) is 12.4 Å². The van der Waals surface area contributed by atoms with Crippen LogP contribution in [0.2, 0.25) is 0 Å². The van der Waals surface area contributed by atoms with Gasteiger partial charge in [-0.05, 0) is 60.5 Å². The van der Waals surface area contributed by atoms with E-state index in [-0.39, 0.29) is 29.9 Å². The van der Waals surface area contributed by atoms with Crippen molar-refractivity contribution in [1.29, 1.82) is 0 Å². The van der Waals surface area contributed by atoms with Crippen molar-refractivity contribution in [3.63, 3.8) is 0 Å². The lowest BCUT2D eigenvalue weighted by molar-refractivity contribution is 0.363. The van der Waals surface area contributed by atoms with Crippen molar-refractivity contribution in [1.82, 2.24) is 5.32 Å². The minimum absolute atomic E-state index is 0. The Hall–Kier alpha value is -1.82. The van der Waals surface area contributed by atoms with Crippen molar-refractivity contribution in [3.8, 4) is 17.2 Å². The molecule has 0 saturated heterocycles. The first-order chi connectivity index (χ1) is 11.7. The van der Waals surface area contributed by atoms with Crippen molar-refractivity contribution < 1.29 is 14.9 Å². The highest BCUT2D eigenvalue weighted by molar-refractivity contribution is 7.99. The summed E-state index contributed by atoms with van der Waals surface area (Å²) in [5.41, 5.74) is 2.16. The Morgan fingerprint density at radius 2 is 1.92 bits per heavy atom. The average molecular weight is 380 g/mol. The summed E-state index contributed by atoms with van der Waals surface area (Å²) in [6.07, 6.45) is 2.59. The van der Waals surface area contributed by atoms with Crippen LogP contribution in [0.5, 0.6) is 17.2 Å². The molecular formula is C19H22ClNO3S. The zero-order valence-electron chi connectivity index (χ0n) is 13.8. The van der Waals surface area contributed by atoms with Crippen molar-refractivity contribution in [2.75, 3.05) is 18.9 Å². The highest BCUT2D eigenvalue weighted by Crippen LogP contribution is 2.36. The minimum atomic E-state index is -0.0591. The molecule has 134 valence electrons. The molecule has 1 aliphatic rings. The van der Waals surface area contributed by atoms with Gasteiger partial charge in [-0.3, -0.25) is 0 Å². The quantitative estimate of drug-likeness (QED) is 0.401. The number of fused-ring (bicyclic) bond motifs is 1. The van der Waals surface area contributed by atoms with Gasteiger partial charge in [0.2, 0.25) is 0 Å². The first-order valence-corrected chi connectivity index (χ1v) is 8.90. The van der Waals surface area contributed by atoms with E-state index < -0.39 is 0 Å². The maximum absolute atomic E-state index is 9.77. The van der Waals surface area contributed by atoms with E-state index in [0.29, 0.717) is 6.61 Å². The summed E-state index contributed by atoms with van der Waals surface area (Å²) in [4.78, 5) is 1.16. The monoisotopic (exact) mass is 379 g/mol. The second-order valence-corrected chi connectivity index (χ2v) is 6.77. The highest BCUT2D eigenvalue weighted by Gasteiger charge is 2.21. The molecule has 1 aliphatic heterocycles. The summed E-state index contributed by atoms with van der Waals surface area (Å²) in [6, 6.07) is 11.5. The van der Waals surface area contributed by atoms with Crippen molar-refractivity contribution >= 4 is 24.2 Å². The van der Waals surface area contributed by atoms with E-state index >= 15 is 0 Å². The van der Waals surface area contributed by atoms with Crippen LogP contribution in [0.25, 0.3) is 0 Å². The van der Waals surface area contributed by atoms with E-state index in [4.69, 9.17) is 4.74 Å². The summed E-state index contributed by atoms with van der Waals surface area (Å²) >= 11 is 1.75. The molecule has 3 N–H and O–H groups in total. The van der Waals surface area contributed by atoms with Gasteiger partial charge in [0, 0.05) is 16.7 Å². The number of ether oxygens (including phenoxy) is 1. The maximum Gasteiger partial charge on any atom is 0.157 e. The number of hydrogen-bond acceptors (Lipinski definition) is 5. The number of thioether (sulfide) groups is 1. The highest BCUT2D eigenvalue weighted by atomic mass is 35.5. The molecule has 0 amide bonds. The standard InChI is InChI=1S/C19H21NO3S.ClH/c1-2-9-23-14-3-5-15(6-4-14)24-12-17-16-11-19(22)18(21)10-13(16)7-8-20-17;/h2-6,10-11,17,20-22H,1,7-9,12H2;1H. The fourth-order valence-corrected chi connectivity index (χ4v) is 3.77. The minimum Gasteiger partial charge on any atom is -0.504 e. The van der Waals surface area contributed by atoms with Crippen molar-refractivity contribution in [2.45, 2.75) is 17.4 Å². The van der Waals surface area contributed by atoms with E-state index in [2.05, 4.69) is 11.9 Å². The van der Waals surface area contributed by atoms with Gasteiger partial charge < -0.3 is 20.3 Å². The number of halogens is 1. The third-order valence-electron chi connectivity index (χ3n) is 4.01. The fourth-order valence-electron chi connectivity index (χ4n) is 2.78. The number of aromatic hydroxyl groups is 2. The van der Waals surface area contributed by atoms with Gasteiger partial charge in [-0.1, -0.05) is 12.7 Å². The molecule has 1 atom stereocenters. The molecule has 0 spiro atoms. The second kappa shape index (κ2) is 9.04. The molecule has 0 aliphatic carbocycles. The third-order valence-corrected chi connectivity index (χ3v) is 5.11. The van der Waals surface area contributed by atoms with E-state index in [9.17, 15) is 10.2 Å². The molecular weight excluding hydrogens is 358 g/mol. The molecule has 0 bridgehead atoms. The van der Waals surface area contributed by atoms with Gasteiger partial charge in [0.15, 0.2) is 11.5 Å². The lowest BCUT2D eigenvalue weighted by Gasteiger charge is -2.27. The van der Waals surface area contributed by atoms with E-state index in [0.717, 1.165) is 40.5 Å². The lowest BCUT2D eigenvalue weighted by Crippen LogP contribution is -2.31. The number of nitrogens with one attached hydrogen (secondary N) is 1. The molecule has 1 unspecified atom stereocenters. The third kappa shape index (κ3) is 4.84. The van der Waals surface area contributed by atoms with Gasteiger partial charge in [-0.15, -0.1) is 24.2 Å². The van der Waals surface area contributed by atoms with Crippen LogP contribution in [0.4, 0.5) is 0 Å². The van der Waals surface area contributed by atoms with Crippen LogP contribution in [0.3, 0.4) is 0 Å². The fraction of sp³-hybridized carbons (Fsp3) is 0.263. The average Bonchev–Trinajstić information content (AvgIpc) is 2.60. The lowest BCUT2D eigenvalue weighted by atomic mass is 9.94. The Balaban J connectivity index is 0.00000225. The first-order valence-electron chi connectivity index (χ1n) is 7.92. The number of rotatable bonds is 6. The second-order valence-electron chi connectivity index (χ2n) is 5.68. The predicted molar refractivity (Wildman–Crippen MR) is 104 cm³/mol. The Labute approximate surface area is 158 Å². The molecule has 2 aromatic rings. The summed E-state index contributed by atoms with van der Waals surface area (Å²) < 4.78 is 5.48. The van der Waals surface area contributed by atoms with Crippen LogP contribution < -0.4 is 10.1 Å². The molecule has 0 aromatic heterocycles. The first kappa shape index (κ1) is 19.5. The molecule has 6 heteroatoms. The number of hydrogen-bond donors (Lipinski definition) is 3. The molecule has 2 aromatic carbocycles. The van der Waals surface area contributed by atoms with Crippen LogP contribution in [0, 0.1) is 0 Å². The largest absolute Gasteiger partial charge is 0.504 e. The van der Waals surface area contributed by atoms with Crippen LogP contribution in [-0.4, -0.2) is 29.1 Å². The normalized spacial score (nSPS) is 15.8. The van der Waals surface area contributed by atoms with Gasteiger partial charge in [-0.25, -0.2) is 0 Å². The summed E-state index contributed by atoms with van der Waals surface area (Å²) in [5, 5.41) is 22.9. The topological polar surface area (TPSA) is 61.7 Å². The Morgan fingerprint density at radius 1 is 1.20 bits per heavy atom. The molecule has 0 fully saturated rings. The zero-order valence-corrected chi connectivity index (χ0v) is 15.4. The SMILES string of the molecule is C=CCOc1ccc(SCC2NCCc3cc(O)c(O)cc32)cc1.Cl.